The third-order valence-electron chi connectivity index (χ3n) is 4.24. The zero-order valence-corrected chi connectivity index (χ0v) is 16.9. The van der Waals surface area contributed by atoms with Crippen LogP contribution in [0, 0.1) is 18.5 Å². The van der Waals surface area contributed by atoms with Gasteiger partial charge in [0.1, 0.15) is 11.6 Å². The highest BCUT2D eigenvalue weighted by Gasteiger charge is 2.15. The zero-order chi connectivity index (χ0) is 24.6. The minimum absolute atomic E-state index is 0.0232. The maximum atomic E-state index is 14.2. The van der Waals surface area contributed by atoms with Crippen molar-refractivity contribution in [3.63, 3.8) is 0 Å². The van der Waals surface area contributed by atoms with Gasteiger partial charge in [-0.1, -0.05) is 0 Å². The summed E-state index contributed by atoms with van der Waals surface area (Å²) in [5, 5.41) is 0. The van der Waals surface area contributed by atoms with E-state index in [2.05, 4.69) is 4.72 Å². The maximum Gasteiger partial charge on any atom is 0.253 e. The number of nitrogens with zero attached hydrogens (tertiary/aromatic N) is 1. The summed E-state index contributed by atoms with van der Waals surface area (Å²) in [6.45, 7) is -1.26. The van der Waals surface area contributed by atoms with E-state index in [-0.39, 0.29) is 34.1 Å². The number of pyridine rings is 1. The number of halogens is 2. The Morgan fingerprint density at radius 3 is 2.53 bits per heavy atom. The van der Waals surface area contributed by atoms with Gasteiger partial charge in [-0.05, 0) is 50.2 Å². The fourth-order valence-electron chi connectivity index (χ4n) is 2.70. The van der Waals surface area contributed by atoms with E-state index in [1.165, 1.54) is 38.4 Å². The molecule has 0 bridgehead atoms. The second kappa shape index (κ2) is 8.27. The molecule has 0 saturated carbocycles. The highest BCUT2D eigenvalue weighted by atomic mass is 32.2. The van der Waals surface area contributed by atoms with E-state index in [4.69, 9.17) is 8.85 Å². The first-order valence-corrected chi connectivity index (χ1v) is 10.4. The molecule has 1 heterocycles. The molecule has 0 fully saturated rings. The summed E-state index contributed by atoms with van der Waals surface area (Å²) in [5.41, 5.74) is -0.660. The predicted molar refractivity (Wildman–Crippen MR) is 111 cm³/mol. The van der Waals surface area contributed by atoms with Gasteiger partial charge in [-0.2, -0.15) is 0 Å². The third-order valence-corrected chi connectivity index (χ3v) is 5.55. The van der Waals surface area contributed by atoms with Gasteiger partial charge in [0.15, 0.2) is 11.6 Å². The predicted octanol–water partition coefficient (Wildman–Crippen LogP) is 4.19. The number of sulfonamides is 1. The molecule has 2 aromatic carbocycles. The lowest BCUT2D eigenvalue weighted by Crippen LogP contribution is -2.18. The van der Waals surface area contributed by atoms with Crippen molar-refractivity contribution in [3.8, 4) is 22.6 Å². The van der Waals surface area contributed by atoms with Crippen molar-refractivity contribution in [1.82, 2.24) is 4.57 Å². The molecule has 0 atom stereocenters. The normalized spacial score (nSPS) is 13.3. The number of benzene rings is 2. The lowest BCUT2D eigenvalue weighted by molar-refractivity contribution is 0.439. The Morgan fingerprint density at radius 2 is 1.87 bits per heavy atom. The van der Waals surface area contributed by atoms with Crippen LogP contribution in [0.25, 0.3) is 11.1 Å². The molecule has 9 heteroatoms. The maximum absolute atomic E-state index is 14.2. The Balaban J connectivity index is 2.22. The number of ether oxygens (including phenoxy) is 1. The van der Waals surface area contributed by atoms with Gasteiger partial charge in [-0.15, -0.1) is 0 Å². The van der Waals surface area contributed by atoms with E-state index >= 15 is 0 Å². The molecule has 0 radical (unpaired) electrons. The van der Waals surface area contributed by atoms with Gasteiger partial charge < -0.3 is 9.30 Å². The second-order valence-corrected chi connectivity index (χ2v) is 8.46. The molecule has 0 spiro atoms. The van der Waals surface area contributed by atoms with Gasteiger partial charge in [-0.3, -0.25) is 9.52 Å². The van der Waals surface area contributed by atoms with Gasteiger partial charge in [0.05, 0.1) is 5.75 Å². The van der Waals surface area contributed by atoms with Crippen molar-refractivity contribution in [2.45, 2.75) is 13.8 Å². The van der Waals surface area contributed by atoms with Gasteiger partial charge in [0.25, 0.3) is 5.56 Å². The fourth-order valence-corrected chi connectivity index (χ4v) is 3.33. The summed E-state index contributed by atoms with van der Waals surface area (Å²) < 4.78 is 83.5. The minimum Gasteiger partial charge on any atom is -0.454 e. The Morgan fingerprint density at radius 1 is 1.13 bits per heavy atom. The van der Waals surface area contributed by atoms with E-state index in [9.17, 15) is 22.0 Å². The number of hydrogen-bond acceptors (Lipinski definition) is 4. The van der Waals surface area contributed by atoms with Crippen LogP contribution in [-0.2, 0) is 17.1 Å². The molecule has 0 aliphatic carbocycles. The standard InChI is InChI=1S/C21H20F2N2O4S/c1-4-30(27,28)24-16-6-8-19(29-20-7-5-15(22)10-18(20)23)17(11-16)14-9-13(2)21(26)25(3)12-14/h5-12,24H,4H2,1-3H3/i2D3. The number of nitrogens with one attached hydrogen (secondary N) is 1. The van der Waals surface area contributed by atoms with E-state index in [1.807, 2.05) is 0 Å². The van der Waals surface area contributed by atoms with Crippen molar-refractivity contribution in [3.05, 3.63) is 76.2 Å². The minimum atomic E-state index is -3.64. The van der Waals surface area contributed by atoms with Crippen molar-refractivity contribution >= 4 is 15.7 Å². The summed E-state index contributed by atoms with van der Waals surface area (Å²) in [7, 11) is -2.27. The van der Waals surface area contributed by atoms with Gasteiger partial charge in [-0.25, -0.2) is 17.2 Å². The summed E-state index contributed by atoms with van der Waals surface area (Å²) in [5.74, 6) is -2.25. The average molecular weight is 437 g/mol. The first-order chi connectivity index (χ1) is 15.3. The van der Waals surface area contributed by atoms with E-state index in [1.54, 1.807) is 0 Å². The molecule has 30 heavy (non-hydrogen) atoms. The molecular weight excluding hydrogens is 414 g/mol. The quantitative estimate of drug-likeness (QED) is 0.627. The Bertz CT molecular complexity index is 1370. The number of aryl methyl sites for hydroxylation is 2. The van der Waals surface area contributed by atoms with Crippen molar-refractivity contribution in [2.24, 2.45) is 7.05 Å². The smallest absolute Gasteiger partial charge is 0.253 e. The van der Waals surface area contributed by atoms with Crippen LogP contribution in [-0.4, -0.2) is 18.7 Å². The number of rotatable bonds is 6. The molecule has 0 saturated heterocycles. The molecule has 1 N–H and O–H groups in total. The van der Waals surface area contributed by atoms with Crippen LogP contribution in [0.3, 0.4) is 0 Å². The molecule has 0 unspecified atom stereocenters. The largest absolute Gasteiger partial charge is 0.454 e. The molecule has 1 aromatic heterocycles. The lowest BCUT2D eigenvalue weighted by Gasteiger charge is -2.15. The molecular formula is C21H20F2N2O4S. The second-order valence-electron chi connectivity index (χ2n) is 6.45. The van der Waals surface area contributed by atoms with Crippen molar-refractivity contribution < 1.29 is 26.0 Å². The van der Waals surface area contributed by atoms with Crippen molar-refractivity contribution in [1.29, 1.82) is 0 Å². The fraction of sp³-hybridized carbons (Fsp3) is 0.190. The monoisotopic (exact) mass is 437 g/mol. The highest BCUT2D eigenvalue weighted by molar-refractivity contribution is 7.92. The Hall–Kier alpha value is -3.20. The molecule has 0 aliphatic heterocycles. The van der Waals surface area contributed by atoms with Gasteiger partial charge in [0, 0.05) is 45.8 Å². The summed E-state index contributed by atoms with van der Waals surface area (Å²) in [4.78, 5) is 12.3. The van der Waals surface area contributed by atoms with Crippen LogP contribution in [0.1, 0.15) is 16.6 Å². The number of hydrogen-bond donors (Lipinski definition) is 1. The van der Waals surface area contributed by atoms with E-state index in [0.29, 0.717) is 6.07 Å². The van der Waals surface area contributed by atoms with Crippen LogP contribution in [0.15, 0.2) is 53.5 Å². The van der Waals surface area contributed by atoms with E-state index < -0.39 is 39.6 Å². The van der Waals surface area contributed by atoms with E-state index in [0.717, 1.165) is 22.8 Å². The van der Waals surface area contributed by atoms with Crippen LogP contribution < -0.4 is 15.0 Å². The van der Waals surface area contributed by atoms with Crippen LogP contribution >= 0.6 is 0 Å². The average Bonchev–Trinajstić information content (AvgIpc) is 2.72. The van der Waals surface area contributed by atoms with Gasteiger partial charge in [0.2, 0.25) is 10.0 Å². The topological polar surface area (TPSA) is 77.4 Å². The molecule has 6 nitrogen and oxygen atoms in total. The van der Waals surface area contributed by atoms with Crippen molar-refractivity contribution in [2.75, 3.05) is 10.5 Å². The van der Waals surface area contributed by atoms with Gasteiger partial charge >= 0.3 is 0 Å². The summed E-state index contributed by atoms with van der Waals surface area (Å²) >= 11 is 0. The molecule has 0 amide bonds. The molecule has 3 aromatic rings. The van der Waals surface area contributed by atoms with Crippen LogP contribution in [0.2, 0.25) is 0 Å². The summed E-state index contributed by atoms with van der Waals surface area (Å²) in [6, 6.07) is 7.96. The zero-order valence-electron chi connectivity index (χ0n) is 19.1. The van der Waals surface area contributed by atoms with Crippen LogP contribution in [0.5, 0.6) is 11.5 Å². The lowest BCUT2D eigenvalue weighted by atomic mass is 10.0. The third kappa shape index (κ3) is 4.68. The first-order valence-electron chi connectivity index (χ1n) is 10.3. The molecule has 158 valence electrons. The first kappa shape index (κ1) is 17.6. The highest BCUT2D eigenvalue weighted by Crippen LogP contribution is 2.36. The molecule has 0 aliphatic rings. The number of anilines is 1. The Labute approximate surface area is 177 Å². The van der Waals surface area contributed by atoms with Crippen LogP contribution in [0.4, 0.5) is 14.5 Å². The summed E-state index contributed by atoms with van der Waals surface area (Å²) in [6.07, 6.45) is 1.35. The SMILES string of the molecule is [2H]C([2H])([2H])c1cc(-c2cc(NS(=O)(=O)CC)ccc2Oc2ccc(F)cc2F)cn(C)c1=O. The number of aromatic nitrogens is 1. The molecule has 3 rings (SSSR count). The Kier molecular flexibility index (Phi) is 4.86.